The van der Waals surface area contributed by atoms with Gasteiger partial charge >= 0.3 is 0 Å². The van der Waals surface area contributed by atoms with Crippen LogP contribution in [0.25, 0.3) is 0 Å². The number of carbonyl (C=O) groups is 1. The van der Waals surface area contributed by atoms with Gasteiger partial charge in [-0.1, -0.05) is 6.07 Å². The van der Waals surface area contributed by atoms with Crippen molar-refractivity contribution in [3.8, 4) is 0 Å². The van der Waals surface area contributed by atoms with Crippen molar-refractivity contribution >= 4 is 17.2 Å². The van der Waals surface area contributed by atoms with Gasteiger partial charge in [-0.25, -0.2) is 0 Å². The quantitative estimate of drug-likeness (QED) is 0.903. The van der Waals surface area contributed by atoms with Gasteiger partial charge < -0.3 is 10.6 Å². The highest BCUT2D eigenvalue weighted by Crippen LogP contribution is 2.15. The fraction of sp³-hybridized carbons (Fsp3) is 0.667. The Morgan fingerprint density at radius 2 is 2.20 bits per heavy atom. The Morgan fingerprint density at radius 1 is 1.50 bits per heavy atom. The highest BCUT2D eigenvalue weighted by molar-refractivity contribution is 7.09. The number of likely N-dealkylation sites (tertiary alicyclic amines) is 1. The molecule has 0 aromatic carbocycles. The summed E-state index contributed by atoms with van der Waals surface area (Å²) in [7, 11) is 0. The van der Waals surface area contributed by atoms with Crippen molar-refractivity contribution in [2.75, 3.05) is 19.6 Å². The summed E-state index contributed by atoms with van der Waals surface area (Å²) in [4.78, 5) is 18.0. The zero-order valence-electron chi connectivity index (χ0n) is 12.4. The van der Waals surface area contributed by atoms with Gasteiger partial charge in [0.1, 0.15) is 0 Å². The lowest BCUT2D eigenvalue weighted by molar-refractivity contribution is -0.135. The molecule has 5 heteroatoms. The van der Waals surface area contributed by atoms with E-state index < -0.39 is 0 Å². The molecule has 0 aliphatic carbocycles. The van der Waals surface area contributed by atoms with Crippen molar-refractivity contribution in [1.82, 2.24) is 9.80 Å². The Hall–Kier alpha value is -0.910. The van der Waals surface area contributed by atoms with Crippen LogP contribution in [-0.4, -0.2) is 47.4 Å². The van der Waals surface area contributed by atoms with Crippen LogP contribution in [0.2, 0.25) is 0 Å². The molecule has 0 bridgehead atoms. The van der Waals surface area contributed by atoms with E-state index in [1.54, 1.807) is 11.3 Å². The Balaban J connectivity index is 1.90. The highest BCUT2D eigenvalue weighted by Gasteiger charge is 2.23. The molecule has 0 spiro atoms. The van der Waals surface area contributed by atoms with E-state index in [0.717, 1.165) is 32.5 Å². The fourth-order valence-corrected chi connectivity index (χ4v) is 3.23. The predicted octanol–water partition coefficient (Wildman–Crippen LogP) is 1.91. The zero-order chi connectivity index (χ0) is 14.5. The van der Waals surface area contributed by atoms with Gasteiger partial charge in [0.15, 0.2) is 0 Å². The van der Waals surface area contributed by atoms with Crippen molar-refractivity contribution < 1.29 is 4.79 Å². The number of thiophene rings is 1. The molecule has 1 aromatic rings. The third-order valence-electron chi connectivity index (χ3n) is 3.84. The van der Waals surface area contributed by atoms with E-state index in [4.69, 9.17) is 5.73 Å². The molecule has 1 aliphatic heterocycles. The summed E-state index contributed by atoms with van der Waals surface area (Å²) in [5.41, 5.74) is 5.91. The molecule has 1 aromatic heterocycles. The Bertz CT molecular complexity index is 411. The maximum atomic E-state index is 12.5. The van der Waals surface area contributed by atoms with Crippen LogP contribution in [0.15, 0.2) is 17.5 Å². The summed E-state index contributed by atoms with van der Waals surface area (Å²) in [6.07, 6.45) is 2.00. The molecule has 0 saturated carbocycles. The van der Waals surface area contributed by atoms with E-state index in [9.17, 15) is 4.79 Å². The van der Waals surface area contributed by atoms with Gasteiger partial charge in [-0.3, -0.25) is 9.69 Å². The molecule has 20 heavy (non-hydrogen) atoms. The van der Waals surface area contributed by atoms with Crippen LogP contribution in [0.3, 0.4) is 0 Å². The van der Waals surface area contributed by atoms with E-state index in [-0.39, 0.29) is 11.9 Å². The molecule has 0 atom stereocenters. The molecule has 2 rings (SSSR count). The van der Waals surface area contributed by atoms with E-state index in [1.165, 1.54) is 4.88 Å². The minimum atomic E-state index is 0.226. The number of nitrogens with two attached hydrogens (primary N) is 1. The average molecular weight is 295 g/mol. The van der Waals surface area contributed by atoms with Crippen molar-refractivity contribution in [2.45, 2.75) is 45.3 Å². The molecular formula is C15H25N3OS. The number of amides is 1. The van der Waals surface area contributed by atoms with Gasteiger partial charge in [-0.15, -0.1) is 11.3 Å². The van der Waals surface area contributed by atoms with Crippen molar-refractivity contribution in [3.05, 3.63) is 22.4 Å². The van der Waals surface area contributed by atoms with Crippen molar-refractivity contribution in [1.29, 1.82) is 0 Å². The number of hydrogen-bond donors (Lipinski definition) is 1. The zero-order valence-corrected chi connectivity index (χ0v) is 13.2. The second-order valence-corrected chi connectivity index (χ2v) is 6.84. The molecule has 2 N–H and O–H groups in total. The molecular weight excluding hydrogens is 270 g/mol. The monoisotopic (exact) mass is 295 g/mol. The summed E-state index contributed by atoms with van der Waals surface area (Å²) in [6, 6.07) is 4.67. The summed E-state index contributed by atoms with van der Waals surface area (Å²) < 4.78 is 0. The summed E-state index contributed by atoms with van der Waals surface area (Å²) >= 11 is 1.71. The summed E-state index contributed by atoms with van der Waals surface area (Å²) in [5.74, 6) is 0.226. The number of rotatable bonds is 5. The maximum absolute atomic E-state index is 12.5. The van der Waals surface area contributed by atoms with E-state index in [1.807, 2.05) is 11.0 Å². The number of nitrogens with zero attached hydrogens (tertiary/aromatic N) is 2. The van der Waals surface area contributed by atoms with Gasteiger partial charge in [0.2, 0.25) is 5.91 Å². The fourth-order valence-electron chi connectivity index (χ4n) is 2.52. The second-order valence-electron chi connectivity index (χ2n) is 5.81. The Kier molecular flexibility index (Phi) is 5.57. The molecule has 1 amide bonds. The van der Waals surface area contributed by atoms with Gasteiger partial charge in [0.05, 0.1) is 13.1 Å². The van der Waals surface area contributed by atoms with Gasteiger partial charge in [-0.05, 0) is 38.1 Å². The Morgan fingerprint density at radius 3 is 2.75 bits per heavy atom. The summed E-state index contributed by atoms with van der Waals surface area (Å²) in [6.45, 7) is 7.29. The average Bonchev–Trinajstić information content (AvgIpc) is 2.91. The Labute approximate surface area is 125 Å². The normalized spacial score (nSPS) is 17.6. The van der Waals surface area contributed by atoms with Gasteiger partial charge in [0, 0.05) is 30.1 Å². The van der Waals surface area contributed by atoms with Crippen LogP contribution in [0.4, 0.5) is 0 Å². The third kappa shape index (κ3) is 4.30. The number of carbonyl (C=O) groups excluding carboxylic acids is 1. The van der Waals surface area contributed by atoms with Crippen LogP contribution < -0.4 is 5.73 Å². The third-order valence-corrected chi connectivity index (χ3v) is 4.70. The lowest BCUT2D eigenvalue weighted by Gasteiger charge is -2.33. The predicted molar refractivity (Wildman–Crippen MR) is 83.7 cm³/mol. The topological polar surface area (TPSA) is 49.6 Å². The lowest BCUT2D eigenvalue weighted by atomic mass is 10.1. The van der Waals surface area contributed by atoms with Crippen LogP contribution in [-0.2, 0) is 11.3 Å². The van der Waals surface area contributed by atoms with E-state index >= 15 is 0 Å². The van der Waals surface area contributed by atoms with Crippen LogP contribution in [0, 0.1) is 0 Å². The van der Waals surface area contributed by atoms with Gasteiger partial charge in [0.25, 0.3) is 0 Å². The van der Waals surface area contributed by atoms with E-state index in [2.05, 4.69) is 30.2 Å². The first-order chi connectivity index (χ1) is 9.56. The van der Waals surface area contributed by atoms with Gasteiger partial charge in [-0.2, -0.15) is 0 Å². The maximum Gasteiger partial charge on any atom is 0.237 e. The SMILES string of the molecule is CC(C)N(Cc1cccs1)C(=O)CN1CCC(N)CC1. The molecule has 0 unspecified atom stereocenters. The van der Waals surface area contributed by atoms with Crippen LogP contribution in [0.1, 0.15) is 31.6 Å². The minimum absolute atomic E-state index is 0.226. The molecule has 112 valence electrons. The molecule has 1 aliphatic rings. The van der Waals surface area contributed by atoms with Crippen molar-refractivity contribution in [2.24, 2.45) is 5.73 Å². The van der Waals surface area contributed by atoms with Crippen LogP contribution in [0.5, 0.6) is 0 Å². The lowest BCUT2D eigenvalue weighted by Crippen LogP contribution is -2.47. The highest BCUT2D eigenvalue weighted by atomic mass is 32.1. The molecule has 1 fully saturated rings. The number of hydrogen-bond acceptors (Lipinski definition) is 4. The number of piperidine rings is 1. The molecule has 2 heterocycles. The first kappa shape index (κ1) is 15.5. The smallest absolute Gasteiger partial charge is 0.237 e. The second kappa shape index (κ2) is 7.20. The first-order valence-electron chi connectivity index (χ1n) is 7.36. The molecule has 0 radical (unpaired) electrons. The largest absolute Gasteiger partial charge is 0.334 e. The molecule has 1 saturated heterocycles. The standard InChI is InChI=1S/C15H25N3OS/c1-12(2)18(10-14-4-3-9-20-14)15(19)11-17-7-5-13(16)6-8-17/h3-4,9,12-13H,5-8,10-11,16H2,1-2H3. The van der Waals surface area contributed by atoms with Crippen LogP contribution >= 0.6 is 11.3 Å². The minimum Gasteiger partial charge on any atom is -0.334 e. The molecule has 4 nitrogen and oxygen atoms in total. The van der Waals surface area contributed by atoms with Crippen molar-refractivity contribution in [3.63, 3.8) is 0 Å². The summed E-state index contributed by atoms with van der Waals surface area (Å²) in [5, 5.41) is 2.06. The first-order valence-corrected chi connectivity index (χ1v) is 8.24. The van der Waals surface area contributed by atoms with E-state index in [0.29, 0.717) is 12.6 Å².